The third-order valence-corrected chi connectivity index (χ3v) is 23.6. The second kappa shape index (κ2) is 31.7. The van der Waals surface area contributed by atoms with E-state index >= 15 is 0 Å². The summed E-state index contributed by atoms with van der Waals surface area (Å²) in [4.78, 5) is 12.7. The standard InChI is InChI=1S/C9H17NO2S.5C8H15NO3S/c1-6-4-10-2-3-13-5-7(10)9(12)8(6)11;5*10-6-3-9-1-2-13-4-5(9)7(11)8(6)12/h6-9,11-12H,2-5H2,1H3;5*5-8,10-12H,1-4H2/t6-,7-,8+,9-;5-,6+,7+,8+;5-,6+,7+,8-;5-,6+,7-,8-;5-,6-,7+,8+;5-,6-,7-,8-/m001101/s1. The van der Waals surface area contributed by atoms with Gasteiger partial charge >= 0.3 is 0 Å². The van der Waals surface area contributed by atoms with Crippen LogP contribution in [-0.4, -0.2) is 404 Å². The van der Waals surface area contributed by atoms with Crippen molar-refractivity contribution in [1.82, 2.24) is 29.4 Å². The molecule has 0 saturated carbocycles. The van der Waals surface area contributed by atoms with Crippen molar-refractivity contribution in [3.8, 4) is 0 Å². The van der Waals surface area contributed by atoms with E-state index in [-0.39, 0.29) is 42.2 Å². The molecule has 17 N–H and O–H groups in total. The van der Waals surface area contributed by atoms with Crippen molar-refractivity contribution in [3.05, 3.63) is 0 Å². The zero-order valence-corrected chi connectivity index (χ0v) is 49.5. The van der Waals surface area contributed by atoms with E-state index in [1.807, 2.05) is 18.7 Å². The number of fused-ring (bicyclic) bond motifs is 6. The number of rotatable bonds is 0. The molecule has 12 saturated heterocycles. The first-order chi connectivity index (χ1) is 37.2. The van der Waals surface area contributed by atoms with Gasteiger partial charge in [0, 0.05) is 184 Å². The Balaban J connectivity index is 0.000000136. The zero-order valence-electron chi connectivity index (χ0n) is 44.6. The summed E-state index contributed by atoms with van der Waals surface area (Å²) >= 11 is 10.8. The average molecular weight is 1230 g/mol. The van der Waals surface area contributed by atoms with Gasteiger partial charge < -0.3 is 86.8 Å². The predicted molar refractivity (Wildman–Crippen MR) is 307 cm³/mol. The van der Waals surface area contributed by atoms with Crippen LogP contribution in [-0.2, 0) is 0 Å². The summed E-state index contributed by atoms with van der Waals surface area (Å²) in [6.07, 6.45) is -13.9. The van der Waals surface area contributed by atoms with E-state index in [2.05, 4.69) is 29.4 Å². The predicted octanol–water partition coefficient (Wildman–Crippen LogP) is -7.72. The summed E-state index contributed by atoms with van der Waals surface area (Å²) in [5.41, 5.74) is 0. The molecule has 0 amide bonds. The molecule has 0 radical (unpaired) electrons. The molecular formula is C49H92N6O17S6. The minimum atomic E-state index is -0.972. The highest BCUT2D eigenvalue weighted by molar-refractivity contribution is 8.00. The second-order valence-corrected chi connectivity index (χ2v) is 29.4. The van der Waals surface area contributed by atoms with Gasteiger partial charge in [-0.1, -0.05) is 6.92 Å². The molecule has 0 aromatic rings. The molecule has 0 aromatic carbocycles. The highest BCUT2D eigenvalue weighted by Gasteiger charge is 2.47. The highest BCUT2D eigenvalue weighted by Crippen LogP contribution is 2.32. The third kappa shape index (κ3) is 16.8. The van der Waals surface area contributed by atoms with Crippen molar-refractivity contribution in [2.24, 2.45) is 5.92 Å². The fourth-order valence-corrected chi connectivity index (χ4v) is 19.3. The first-order valence-corrected chi connectivity index (χ1v) is 34.6. The van der Waals surface area contributed by atoms with Crippen LogP contribution in [0.2, 0.25) is 0 Å². The fraction of sp³-hybridized carbons (Fsp3) is 1.00. The molecule has 78 heavy (non-hydrogen) atoms. The lowest BCUT2D eigenvalue weighted by Crippen LogP contribution is -2.63. The molecule has 23 nitrogen and oxygen atoms in total. The van der Waals surface area contributed by atoms with Gasteiger partial charge in [-0.3, -0.25) is 29.4 Å². The van der Waals surface area contributed by atoms with Crippen LogP contribution in [0, 0.1) is 5.92 Å². The van der Waals surface area contributed by atoms with Crippen molar-refractivity contribution < 1.29 is 86.8 Å². The summed E-state index contributed by atoms with van der Waals surface area (Å²) in [5, 5.41) is 162. The Morgan fingerprint density at radius 3 is 0.590 bits per heavy atom. The monoisotopic (exact) mass is 1230 g/mol. The topological polar surface area (TPSA) is 363 Å². The average Bonchev–Trinajstić information content (AvgIpc) is 3.46. The number of aliphatic hydroxyl groups is 17. The molecular weight excluding hydrogens is 1140 g/mol. The Morgan fingerprint density at radius 1 is 0.231 bits per heavy atom. The van der Waals surface area contributed by atoms with Gasteiger partial charge in [-0.05, 0) is 5.92 Å². The third-order valence-electron chi connectivity index (χ3n) is 17.3. The largest absolute Gasteiger partial charge is 0.390 e. The number of aliphatic hydroxyl groups excluding tert-OH is 17. The minimum absolute atomic E-state index is 0.0251. The lowest BCUT2D eigenvalue weighted by molar-refractivity contribution is -0.131. The molecule has 0 bridgehead atoms. The highest BCUT2D eigenvalue weighted by atomic mass is 32.2. The van der Waals surface area contributed by atoms with E-state index in [9.17, 15) is 86.8 Å². The minimum Gasteiger partial charge on any atom is -0.390 e. The van der Waals surface area contributed by atoms with Crippen LogP contribution < -0.4 is 0 Å². The maximum Gasteiger partial charge on any atom is 0.109 e. The van der Waals surface area contributed by atoms with Crippen LogP contribution in [0.25, 0.3) is 0 Å². The second-order valence-electron chi connectivity index (χ2n) is 22.5. The van der Waals surface area contributed by atoms with Crippen LogP contribution in [0.1, 0.15) is 6.92 Å². The summed E-state index contributed by atoms with van der Waals surface area (Å²) in [5.74, 6) is 11.8. The van der Waals surface area contributed by atoms with Gasteiger partial charge in [0.05, 0.1) is 73.2 Å². The molecule has 0 unspecified atom stereocenters. The van der Waals surface area contributed by atoms with Crippen molar-refractivity contribution in [3.63, 3.8) is 0 Å². The molecule has 24 atom stereocenters. The lowest BCUT2D eigenvalue weighted by atomic mass is 9.89. The van der Waals surface area contributed by atoms with Gasteiger partial charge in [0.1, 0.15) is 30.5 Å². The van der Waals surface area contributed by atoms with Gasteiger partial charge in [-0.2, -0.15) is 70.6 Å². The van der Waals surface area contributed by atoms with Gasteiger partial charge in [0.2, 0.25) is 0 Å². The smallest absolute Gasteiger partial charge is 0.109 e. The molecule has 12 fully saturated rings. The maximum atomic E-state index is 9.84. The van der Waals surface area contributed by atoms with Gasteiger partial charge in [0.15, 0.2) is 0 Å². The summed E-state index contributed by atoms with van der Waals surface area (Å²) in [6, 6.07) is 0.311. The van der Waals surface area contributed by atoms with Crippen LogP contribution in [0.15, 0.2) is 0 Å². The molecule has 12 heterocycles. The number of piperidine rings is 6. The number of nitrogens with zero attached hydrogens (tertiary/aromatic N) is 6. The summed E-state index contributed by atoms with van der Waals surface area (Å²) in [6.45, 7) is 10.9. The Hall–Kier alpha value is 1.18. The first-order valence-electron chi connectivity index (χ1n) is 27.7. The molecule has 0 aromatic heterocycles. The van der Waals surface area contributed by atoms with Crippen molar-refractivity contribution in [1.29, 1.82) is 0 Å². The van der Waals surface area contributed by atoms with E-state index in [1.54, 1.807) is 58.8 Å². The van der Waals surface area contributed by atoms with Crippen molar-refractivity contribution >= 4 is 70.6 Å². The Kier molecular flexibility index (Phi) is 27.1. The van der Waals surface area contributed by atoms with Gasteiger partial charge in [0.25, 0.3) is 0 Å². The van der Waals surface area contributed by atoms with E-state index in [0.29, 0.717) is 32.7 Å². The van der Waals surface area contributed by atoms with Gasteiger partial charge in [-0.25, -0.2) is 0 Å². The zero-order chi connectivity index (χ0) is 56.5. The summed E-state index contributed by atoms with van der Waals surface area (Å²) in [7, 11) is 0. The SMILES string of the molecule is C[C@H]1CN2CCSC[C@H]2[C@H](O)[C@@H]1O.O[C@@H]1[C@H](O)[C@@H](O)CN2CCSC[C@H]12.O[C@H]1[C@H](O)[C@@H](O)CN2CCSC[C@H]12.O[C@H]1[C@H](O)[C@@H]2CSCCN2C[C@@H]1O.O[C@H]1[C@H](O)[C@@H]2CSCCN2C[C@H]1O.O[C@H]1[C@H](O)[C@H]2CSCCN2C[C@H]1O. The lowest BCUT2D eigenvalue weighted by Gasteiger charge is -2.46. The quantitative estimate of drug-likeness (QED) is 0.107. The Morgan fingerprint density at radius 2 is 0.397 bits per heavy atom. The van der Waals surface area contributed by atoms with Crippen molar-refractivity contribution in [2.45, 2.75) is 147 Å². The van der Waals surface area contributed by atoms with Crippen LogP contribution in [0.4, 0.5) is 0 Å². The molecule has 0 spiro atoms. The number of hydrogen-bond donors (Lipinski definition) is 17. The van der Waals surface area contributed by atoms with Crippen molar-refractivity contribution in [2.75, 3.05) is 148 Å². The summed E-state index contributed by atoms with van der Waals surface area (Å²) < 4.78 is 0. The molecule has 29 heteroatoms. The van der Waals surface area contributed by atoms with Crippen LogP contribution in [0.5, 0.6) is 0 Å². The maximum absolute atomic E-state index is 9.84. The Bertz CT molecular complexity index is 1450. The van der Waals surface area contributed by atoms with Crippen LogP contribution in [0.3, 0.4) is 0 Å². The first kappa shape index (κ1) is 66.7. The number of hydrogen-bond acceptors (Lipinski definition) is 29. The van der Waals surface area contributed by atoms with E-state index in [4.69, 9.17) is 0 Å². The molecule has 12 aliphatic rings. The molecule has 12 aliphatic heterocycles. The fourth-order valence-electron chi connectivity index (χ4n) is 12.2. The van der Waals surface area contributed by atoms with Gasteiger partial charge in [-0.15, -0.1) is 0 Å². The van der Waals surface area contributed by atoms with E-state index in [0.717, 1.165) is 115 Å². The van der Waals surface area contributed by atoms with E-state index < -0.39 is 104 Å². The van der Waals surface area contributed by atoms with Crippen LogP contribution >= 0.6 is 70.6 Å². The Labute approximate surface area is 484 Å². The normalized spacial score (nSPS) is 47.3. The molecule has 456 valence electrons. The molecule has 12 rings (SSSR count). The molecule has 0 aliphatic carbocycles. The van der Waals surface area contributed by atoms with E-state index in [1.165, 1.54) is 0 Å². The number of thioether (sulfide) groups is 6.